The van der Waals surface area contributed by atoms with Gasteiger partial charge in [-0.05, 0) is 50.5 Å². The molecule has 20 heavy (non-hydrogen) atoms. The molecule has 0 amide bonds. The summed E-state index contributed by atoms with van der Waals surface area (Å²) in [4.78, 5) is 0. The van der Waals surface area contributed by atoms with Crippen molar-refractivity contribution >= 4 is 0 Å². The molecule has 0 aromatic carbocycles. The van der Waals surface area contributed by atoms with Gasteiger partial charge in [-0.2, -0.15) is 0 Å². The molecule has 0 aromatic rings. The summed E-state index contributed by atoms with van der Waals surface area (Å²) in [6.07, 6.45) is 6.07. The Morgan fingerprint density at radius 2 is 1.80 bits per heavy atom. The van der Waals surface area contributed by atoms with Crippen molar-refractivity contribution in [3.8, 4) is 0 Å². The maximum Gasteiger partial charge on any atom is 0.0807 e. The summed E-state index contributed by atoms with van der Waals surface area (Å²) < 4.78 is 11.8. The van der Waals surface area contributed by atoms with Crippen molar-refractivity contribution in [3.63, 3.8) is 0 Å². The lowest BCUT2D eigenvalue weighted by molar-refractivity contribution is -0.0948. The minimum atomic E-state index is 0.0526. The van der Waals surface area contributed by atoms with Gasteiger partial charge in [0.1, 0.15) is 0 Å². The Labute approximate surface area is 125 Å². The summed E-state index contributed by atoms with van der Waals surface area (Å²) >= 11 is 0. The molecule has 0 spiro atoms. The molecule has 3 nitrogen and oxygen atoms in total. The molecule has 1 aliphatic carbocycles. The molecule has 1 fully saturated rings. The largest absolute Gasteiger partial charge is 0.379 e. The van der Waals surface area contributed by atoms with E-state index in [0.717, 1.165) is 51.2 Å². The van der Waals surface area contributed by atoms with Crippen LogP contribution in [0.2, 0.25) is 0 Å². The molecular formula is C17H35NO2. The summed E-state index contributed by atoms with van der Waals surface area (Å²) in [5, 5.41) is 3.49. The standard InChI is InChI=1S/C17H35NO2/c1-5-11-19-12-13-20-17(14-18-6-2)9-7-16(8-10-17)15(3)4/h15-16,18H,5-14H2,1-4H3. The van der Waals surface area contributed by atoms with Crippen molar-refractivity contribution < 1.29 is 9.47 Å². The van der Waals surface area contributed by atoms with Crippen LogP contribution in [0.1, 0.15) is 59.8 Å². The van der Waals surface area contributed by atoms with Gasteiger partial charge in [0.2, 0.25) is 0 Å². The van der Waals surface area contributed by atoms with Crippen molar-refractivity contribution in [2.24, 2.45) is 11.8 Å². The van der Waals surface area contributed by atoms with E-state index in [9.17, 15) is 0 Å². The minimum Gasteiger partial charge on any atom is -0.379 e. The van der Waals surface area contributed by atoms with E-state index in [1.54, 1.807) is 0 Å². The fourth-order valence-electron chi connectivity index (χ4n) is 3.12. The molecule has 1 saturated carbocycles. The summed E-state index contributed by atoms with van der Waals surface area (Å²) in [5.41, 5.74) is 0.0526. The predicted octanol–water partition coefficient (Wildman–Crippen LogP) is 3.62. The van der Waals surface area contributed by atoms with Crippen LogP contribution in [0.3, 0.4) is 0 Å². The lowest BCUT2D eigenvalue weighted by atomic mass is 9.74. The predicted molar refractivity (Wildman–Crippen MR) is 85.1 cm³/mol. The van der Waals surface area contributed by atoms with Gasteiger partial charge in [0.25, 0.3) is 0 Å². The number of likely N-dealkylation sites (N-methyl/N-ethyl adjacent to an activating group) is 1. The first-order valence-electron chi connectivity index (χ1n) is 8.56. The van der Waals surface area contributed by atoms with Crippen molar-refractivity contribution in [2.75, 3.05) is 32.9 Å². The Balaban J connectivity index is 2.38. The van der Waals surface area contributed by atoms with E-state index in [-0.39, 0.29) is 5.60 Å². The number of hydrogen-bond acceptors (Lipinski definition) is 3. The highest BCUT2D eigenvalue weighted by molar-refractivity contribution is 4.90. The minimum absolute atomic E-state index is 0.0526. The van der Waals surface area contributed by atoms with Crippen LogP contribution in [0.25, 0.3) is 0 Å². The maximum absolute atomic E-state index is 6.26. The SMILES string of the molecule is CCCOCCOC1(CNCC)CCC(C(C)C)CC1. The number of hydrogen-bond donors (Lipinski definition) is 1. The van der Waals surface area contributed by atoms with Crippen molar-refractivity contribution in [1.82, 2.24) is 5.32 Å². The Hall–Kier alpha value is -0.120. The van der Waals surface area contributed by atoms with Crippen LogP contribution in [0, 0.1) is 11.8 Å². The topological polar surface area (TPSA) is 30.5 Å². The number of nitrogens with one attached hydrogen (secondary N) is 1. The molecule has 3 heteroatoms. The molecule has 0 radical (unpaired) electrons. The summed E-state index contributed by atoms with van der Waals surface area (Å²) in [5.74, 6) is 1.68. The van der Waals surface area contributed by atoms with Gasteiger partial charge in [-0.1, -0.05) is 27.7 Å². The molecule has 1 rings (SSSR count). The molecule has 0 atom stereocenters. The number of rotatable bonds is 10. The third-order valence-corrected chi connectivity index (χ3v) is 4.57. The first-order valence-corrected chi connectivity index (χ1v) is 8.56. The third kappa shape index (κ3) is 6.11. The summed E-state index contributed by atoms with van der Waals surface area (Å²) in [7, 11) is 0. The first-order chi connectivity index (χ1) is 9.63. The van der Waals surface area contributed by atoms with E-state index >= 15 is 0 Å². The molecule has 0 bridgehead atoms. The highest BCUT2D eigenvalue weighted by atomic mass is 16.5. The lowest BCUT2D eigenvalue weighted by Gasteiger charge is -2.41. The highest BCUT2D eigenvalue weighted by Gasteiger charge is 2.36. The van der Waals surface area contributed by atoms with Crippen LogP contribution in [0.5, 0.6) is 0 Å². The van der Waals surface area contributed by atoms with E-state index in [1.807, 2.05) is 0 Å². The quantitative estimate of drug-likeness (QED) is 0.622. The average molecular weight is 285 g/mol. The van der Waals surface area contributed by atoms with Crippen LogP contribution in [0.15, 0.2) is 0 Å². The lowest BCUT2D eigenvalue weighted by Crippen LogP contribution is -2.47. The van der Waals surface area contributed by atoms with Crippen molar-refractivity contribution in [1.29, 1.82) is 0 Å². The van der Waals surface area contributed by atoms with E-state index in [1.165, 1.54) is 25.7 Å². The van der Waals surface area contributed by atoms with Gasteiger partial charge in [0, 0.05) is 13.2 Å². The third-order valence-electron chi connectivity index (χ3n) is 4.57. The van der Waals surface area contributed by atoms with Crippen molar-refractivity contribution in [2.45, 2.75) is 65.4 Å². The van der Waals surface area contributed by atoms with Gasteiger partial charge in [-0.3, -0.25) is 0 Å². The van der Waals surface area contributed by atoms with E-state index in [4.69, 9.17) is 9.47 Å². The highest BCUT2D eigenvalue weighted by Crippen LogP contribution is 2.37. The molecule has 0 heterocycles. The second-order valence-corrected chi connectivity index (χ2v) is 6.51. The molecule has 0 saturated heterocycles. The zero-order valence-electron chi connectivity index (χ0n) is 14.0. The Morgan fingerprint density at radius 1 is 1.10 bits per heavy atom. The van der Waals surface area contributed by atoms with Crippen LogP contribution >= 0.6 is 0 Å². The normalized spacial score (nSPS) is 27.1. The molecule has 1 aliphatic rings. The summed E-state index contributed by atoms with van der Waals surface area (Å²) in [6.45, 7) is 13.3. The zero-order chi connectivity index (χ0) is 14.8. The smallest absolute Gasteiger partial charge is 0.0807 e. The fourth-order valence-corrected chi connectivity index (χ4v) is 3.12. The second-order valence-electron chi connectivity index (χ2n) is 6.51. The van der Waals surface area contributed by atoms with Gasteiger partial charge in [0.05, 0.1) is 18.8 Å². The summed E-state index contributed by atoms with van der Waals surface area (Å²) in [6, 6.07) is 0. The maximum atomic E-state index is 6.26. The molecule has 0 unspecified atom stereocenters. The van der Waals surface area contributed by atoms with Gasteiger partial charge in [0.15, 0.2) is 0 Å². The van der Waals surface area contributed by atoms with E-state index in [0.29, 0.717) is 0 Å². The van der Waals surface area contributed by atoms with E-state index < -0.39 is 0 Å². The fraction of sp³-hybridized carbons (Fsp3) is 1.00. The van der Waals surface area contributed by atoms with Crippen LogP contribution in [0.4, 0.5) is 0 Å². The van der Waals surface area contributed by atoms with Crippen molar-refractivity contribution in [3.05, 3.63) is 0 Å². The van der Waals surface area contributed by atoms with Gasteiger partial charge >= 0.3 is 0 Å². The van der Waals surface area contributed by atoms with Gasteiger partial charge in [-0.25, -0.2) is 0 Å². The molecule has 120 valence electrons. The van der Waals surface area contributed by atoms with Gasteiger partial charge < -0.3 is 14.8 Å². The Kier molecular flexibility index (Phi) is 8.74. The Morgan fingerprint density at radius 3 is 2.35 bits per heavy atom. The van der Waals surface area contributed by atoms with Crippen LogP contribution in [-0.4, -0.2) is 38.5 Å². The average Bonchev–Trinajstić information content (AvgIpc) is 2.45. The molecule has 0 aromatic heterocycles. The van der Waals surface area contributed by atoms with E-state index in [2.05, 4.69) is 33.0 Å². The monoisotopic (exact) mass is 285 g/mol. The zero-order valence-corrected chi connectivity index (χ0v) is 14.0. The first kappa shape index (κ1) is 17.9. The number of ether oxygens (including phenoxy) is 2. The second kappa shape index (κ2) is 9.75. The molecule has 0 aliphatic heterocycles. The Bertz CT molecular complexity index is 235. The van der Waals surface area contributed by atoms with Crippen LogP contribution in [-0.2, 0) is 9.47 Å². The van der Waals surface area contributed by atoms with Gasteiger partial charge in [-0.15, -0.1) is 0 Å². The van der Waals surface area contributed by atoms with Crippen LogP contribution < -0.4 is 5.32 Å². The molecular weight excluding hydrogens is 250 g/mol. The molecule has 1 N–H and O–H groups in total.